The van der Waals surface area contributed by atoms with Gasteiger partial charge in [0.25, 0.3) is 0 Å². The molecule has 0 heterocycles. The SMILES string of the molecule is CC(C)[C@@H](C)/C=C/[C@@H](C)[C@H]1CC[C@H]2C(=C/C=C3\C[C@@H](O)CC[C@@H]3C)CCC[C@]12C. The first-order valence-electron chi connectivity index (χ1n) is 12.5. The maximum absolute atomic E-state index is 10.1. The van der Waals surface area contributed by atoms with Crippen LogP contribution in [-0.4, -0.2) is 11.2 Å². The average molecular weight is 399 g/mol. The lowest BCUT2D eigenvalue weighted by Crippen LogP contribution is -2.35. The van der Waals surface area contributed by atoms with Crippen LogP contribution in [0.1, 0.15) is 92.9 Å². The van der Waals surface area contributed by atoms with Crippen LogP contribution in [0, 0.1) is 40.9 Å². The Morgan fingerprint density at radius 1 is 0.966 bits per heavy atom. The number of fused-ring (bicyclic) bond motifs is 1. The number of hydrogen-bond acceptors (Lipinski definition) is 1. The van der Waals surface area contributed by atoms with Gasteiger partial charge in [0.1, 0.15) is 0 Å². The molecule has 0 aromatic heterocycles. The summed E-state index contributed by atoms with van der Waals surface area (Å²) in [6, 6.07) is 0. The normalized spacial score (nSPS) is 40.7. The van der Waals surface area contributed by atoms with Crippen molar-refractivity contribution in [2.75, 3.05) is 0 Å². The van der Waals surface area contributed by atoms with Crippen LogP contribution in [0.4, 0.5) is 0 Å². The smallest absolute Gasteiger partial charge is 0.0577 e. The van der Waals surface area contributed by atoms with Gasteiger partial charge in [0, 0.05) is 0 Å². The molecular weight excluding hydrogens is 352 g/mol. The minimum absolute atomic E-state index is 0.121. The maximum Gasteiger partial charge on any atom is 0.0577 e. The minimum Gasteiger partial charge on any atom is -0.393 e. The van der Waals surface area contributed by atoms with Crippen molar-refractivity contribution in [3.05, 3.63) is 35.5 Å². The van der Waals surface area contributed by atoms with Gasteiger partial charge in [0.15, 0.2) is 0 Å². The molecule has 0 unspecified atom stereocenters. The average Bonchev–Trinajstić information content (AvgIpc) is 3.04. The van der Waals surface area contributed by atoms with Gasteiger partial charge in [-0.3, -0.25) is 0 Å². The quantitative estimate of drug-likeness (QED) is 0.470. The van der Waals surface area contributed by atoms with E-state index in [1.165, 1.54) is 37.7 Å². The van der Waals surface area contributed by atoms with Crippen molar-refractivity contribution in [3.8, 4) is 0 Å². The zero-order valence-corrected chi connectivity index (χ0v) is 20.0. The summed E-state index contributed by atoms with van der Waals surface area (Å²) in [5.41, 5.74) is 3.63. The first-order valence-corrected chi connectivity index (χ1v) is 12.5. The first-order chi connectivity index (χ1) is 13.7. The molecule has 0 aromatic carbocycles. The highest BCUT2D eigenvalue weighted by Crippen LogP contribution is 2.59. The molecule has 0 spiro atoms. The van der Waals surface area contributed by atoms with E-state index in [-0.39, 0.29) is 6.10 Å². The fraction of sp³-hybridized carbons (Fsp3) is 0.786. The van der Waals surface area contributed by atoms with Crippen molar-refractivity contribution >= 4 is 0 Å². The summed E-state index contributed by atoms with van der Waals surface area (Å²) in [6.07, 6.45) is 19.5. The largest absolute Gasteiger partial charge is 0.393 e. The van der Waals surface area contributed by atoms with Crippen molar-refractivity contribution < 1.29 is 5.11 Å². The van der Waals surface area contributed by atoms with Crippen LogP contribution in [-0.2, 0) is 0 Å². The van der Waals surface area contributed by atoms with Gasteiger partial charge in [-0.05, 0) is 92.3 Å². The lowest BCUT2D eigenvalue weighted by molar-refractivity contribution is 0.112. The molecule has 0 saturated heterocycles. The maximum atomic E-state index is 10.1. The molecule has 3 aliphatic carbocycles. The Morgan fingerprint density at radius 2 is 1.69 bits per heavy atom. The lowest BCUT2D eigenvalue weighted by Gasteiger charge is -2.44. The second kappa shape index (κ2) is 9.54. The molecule has 0 aromatic rings. The van der Waals surface area contributed by atoms with Crippen molar-refractivity contribution in [2.45, 2.75) is 99.0 Å². The van der Waals surface area contributed by atoms with Gasteiger partial charge in [-0.1, -0.05) is 77.0 Å². The molecule has 3 rings (SSSR count). The molecule has 1 N–H and O–H groups in total. The zero-order chi connectivity index (χ0) is 21.2. The van der Waals surface area contributed by atoms with Gasteiger partial charge in [-0.25, -0.2) is 0 Å². The van der Waals surface area contributed by atoms with Gasteiger partial charge in [0.2, 0.25) is 0 Å². The molecule has 0 bridgehead atoms. The van der Waals surface area contributed by atoms with E-state index in [2.05, 4.69) is 65.8 Å². The summed E-state index contributed by atoms with van der Waals surface area (Å²) in [4.78, 5) is 0. The highest BCUT2D eigenvalue weighted by molar-refractivity contribution is 5.27. The Labute approximate surface area is 180 Å². The van der Waals surface area contributed by atoms with Crippen LogP contribution < -0.4 is 0 Å². The third kappa shape index (κ3) is 5.09. The van der Waals surface area contributed by atoms with Crippen LogP contribution in [0.15, 0.2) is 35.5 Å². The van der Waals surface area contributed by atoms with Gasteiger partial charge in [0.05, 0.1) is 6.10 Å². The van der Waals surface area contributed by atoms with Gasteiger partial charge in [-0.2, -0.15) is 0 Å². The number of aliphatic hydroxyl groups excluding tert-OH is 1. The Balaban J connectivity index is 1.74. The van der Waals surface area contributed by atoms with E-state index in [1.807, 2.05) is 0 Å². The number of hydrogen-bond donors (Lipinski definition) is 1. The Morgan fingerprint density at radius 3 is 2.41 bits per heavy atom. The molecule has 164 valence electrons. The Bertz CT molecular complexity index is 639. The van der Waals surface area contributed by atoms with E-state index in [0.29, 0.717) is 23.2 Å². The second-order valence-corrected chi connectivity index (χ2v) is 11.3. The van der Waals surface area contributed by atoms with Crippen LogP contribution in [0.3, 0.4) is 0 Å². The number of allylic oxidation sites excluding steroid dienone is 5. The first kappa shape index (κ1) is 22.9. The van der Waals surface area contributed by atoms with Crippen molar-refractivity contribution in [2.24, 2.45) is 40.9 Å². The van der Waals surface area contributed by atoms with E-state index in [0.717, 1.165) is 37.0 Å². The topological polar surface area (TPSA) is 20.2 Å². The van der Waals surface area contributed by atoms with Crippen molar-refractivity contribution in [1.29, 1.82) is 0 Å². The second-order valence-electron chi connectivity index (χ2n) is 11.3. The summed E-state index contributed by atoms with van der Waals surface area (Å²) in [5, 5.41) is 10.1. The third-order valence-corrected chi connectivity index (χ3v) is 8.99. The fourth-order valence-electron chi connectivity index (χ4n) is 6.50. The Kier molecular flexibility index (Phi) is 7.52. The summed E-state index contributed by atoms with van der Waals surface area (Å²) in [7, 11) is 0. The lowest BCUT2D eigenvalue weighted by atomic mass is 9.61. The molecule has 3 aliphatic rings. The summed E-state index contributed by atoms with van der Waals surface area (Å²) in [5.74, 6) is 4.29. The molecule has 29 heavy (non-hydrogen) atoms. The number of aliphatic hydroxyl groups is 1. The van der Waals surface area contributed by atoms with Crippen LogP contribution in [0.5, 0.6) is 0 Å². The van der Waals surface area contributed by atoms with Crippen molar-refractivity contribution in [3.63, 3.8) is 0 Å². The van der Waals surface area contributed by atoms with E-state index in [1.54, 1.807) is 5.57 Å². The molecule has 7 atom stereocenters. The van der Waals surface area contributed by atoms with Crippen molar-refractivity contribution in [1.82, 2.24) is 0 Å². The highest BCUT2D eigenvalue weighted by Gasteiger charge is 2.50. The molecule has 0 aliphatic heterocycles. The fourth-order valence-corrected chi connectivity index (χ4v) is 6.50. The van der Waals surface area contributed by atoms with E-state index < -0.39 is 0 Å². The molecule has 3 saturated carbocycles. The standard InChI is InChI=1S/C28H46O/c1-19(2)20(3)9-10-22(5)26-15-16-27-23(8-7-17-28(26,27)6)12-13-24-18-25(29)14-11-21(24)4/h9-10,12-13,19-22,25-27,29H,7-8,11,14-18H2,1-6H3/b10-9+,23-12?,24-13+/t20-,21-,22+,25-,26+,27-,28+/m0/s1. The summed E-state index contributed by atoms with van der Waals surface area (Å²) >= 11 is 0. The van der Waals surface area contributed by atoms with Gasteiger partial charge >= 0.3 is 0 Å². The van der Waals surface area contributed by atoms with Crippen LogP contribution in [0.25, 0.3) is 0 Å². The monoisotopic (exact) mass is 398 g/mol. The molecule has 0 radical (unpaired) electrons. The van der Waals surface area contributed by atoms with Crippen LogP contribution in [0.2, 0.25) is 0 Å². The predicted octanol–water partition coefficient (Wildman–Crippen LogP) is 7.72. The number of rotatable bonds is 5. The molecule has 1 nitrogen and oxygen atoms in total. The zero-order valence-electron chi connectivity index (χ0n) is 20.0. The van der Waals surface area contributed by atoms with E-state index in [4.69, 9.17) is 0 Å². The third-order valence-electron chi connectivity index (χ3n) is 8.99. The molecular formula is C28H46O. The van der Waals surface area contributed by atoms with Gasteiger partial charge < -0.3 is 5.11 Å². The highest BCUT2D eigenvalue weighted by atomic mass is 16.3. The van der Waals surface area contributed by atoms with Crippen LogP contribution >= 0.6 is 0 Å². The Hall–Kier alpha value is -0.820. The summed E-state index contributed by atoms with van der Waals surface area (Å²) in [6.45, 7) is 14.4. The minimum atomic E-state index is -0.121. The van der Waals surface area contributed by atoms with E-state index in [9.17, 15) is 5.11 Å². The molecule has 1 heteroatoms. The predicted molar refractivity (Wildman–Crippen MR) is 126 cm³/mol. The molecule has 0 amide bonds. The van der Waals surface area contributed by atoms with Gasteiger partial charge in [-0.15, -0.1) is 0 Å². The molecule has 3 fully saturated rings. The summed E-state index contributed by atoms with van der Waals surface area (Å²) < 4.78 is 0. The van der Waals surface area contributed by atoms with E-state index >= 15 is 0 Å².